The van der Waals surface area contributed by atoms with Crippen LogP contribution in [0.3, 0.4) is 0 Å². The molecule has 0 saturated heterocycles. The van der Waals surface area contributed by atoms with Crippen LogP contribution in [0, 0.1) is 0 Å². The van der Waals surface area contributed by atoms with Gasteiger partial charge >= 0.3 is 0 Å². The molecular weight excluding hydrogens is 226 g/mol. The number of hydrogen-bond acceptors (Lipinski definition) is 2. The fourth-order valence-corrected chi connectivity index (χ4v) is 4.53. The molecule has 1 saturated carbocycles. The molecule has 1 atom stereocenters. The van der Waals surface area contributed by atoms with Gasteiger partial charge < -0.3 is 5.32 Å². The molecule has 2 aliphatic rings. The second-order valence-corrected chi connectivity index (χ2v) is 6.79. The zero-order valence-corrected chi connectivity index (χ0v) is 12.0. The molecule has 17 heavy (non-hydrogen) atoms. The Morgan fingerprint density at radius 3 is 2.82 bits per heavy atom. The van der Waals surface area contributed by atoms with Gasteiger partial charge in [0.1, 0.15) is 0 Å². The average Bonchev–Trinajstić information content (AvgIpc) is 2.72. The van der Waals surface area contributed by atoms with Crippen molar-refractivity contribution in [3.05, 3.63) is 11.6 Å². The van der Waals surface area contributed by atoms with Gasteiger partial charge in [0.2, 0.25) is 0 Å². The highest BCUT2D eigenvalue weighted by atomic mass is 32.2. The number of hydrogen-bond donors (Lipinski definition) is 1. The van der Waals surface area contributed by atoms with E-state index in [1.807, 2.05) is 0 Å². The first-order valence-corrected chi connectivity index (χ1v) is 8.43. The number of thioether (sulfide) groups is 1. The fraction of sp³-hybridized carbons (Fsp3) is 0.867. The van der Waals surface area contributed by atoms with Crippen LogP contribution in [-0.4, -0.2) is 24.1 Å². The summed E-state index contributed by atoms with van der Waals surface area (Å²) in [7, 11) is 2.13. The van der Waals surface area contributed by atoms with Crippen LogP contribution in [0.5, 0.6) is 0 Å². The van der Waals surface area contributed by atoms with Crippen LogP contribution < -0.4 is 5.32 Å². The van der Waals surface area contributed by atoms with Crippen molar-refractivity contribution in [3.8, 4) is 0 Å². The maximum Gasteiger partial charge on any atom is 0.0368 e. The summed E-state index contributed by atoms with van der Waals surface area (Å²) >= 11 is 2.21. The highest BCUT2D eigenvalue weighted by Gasteiger charge is 2.19. The first-order valence-electron chi connectivity index (χ1n) is 7.38. The summed E-state index contributed by atoms with van der Waals surface area (Å²) in [5.74, 6) is 1.28. The van der Waals surface area contributed by atoms with Gasteiger partial charge in [-0.3, -0.25) is 0 Å². The van der Waals surface area contributed by atoms with E-state index in [1.165, 1.54) is 63.5 Å². The maximum atomic E-state index is 3.53. The smallest absolute Gasteiger partial charge is 0.0368 e. The second-order valence-electron chi connectivity index (χ2n) is 5.46. The van der Waals surface area contributed by atoms with E-state index in [0.717, 1.165) is 5.25 Å². The lowest BCUT2D eigenvalue weighted by atomic mass is 10.0. The molecule has 0 aromatic carbocycles. The van der Waals surface area contributed by atoms with Crippen LogP contribution >= 0.6 is 11.8 Å². The van der Waals surface area contributed by atoms with Crippen LogP contribution in [0.15, 0.2) is 11.6 Å². The van der Waals surface area contributed by atoms with Crippen LogP contribution in [0.2, 0.25) is 0 Å². The van der Waals surface area contributed by atoms with Crippen molar-refractivity contribution in [2.24, 2.45) is 0 Å². The summed E-state index contributed by atoms with van der Waals surface area (Å²) in [5.41, 5.74) is 1.69. The normalized spacial score (nSPS) is 24.4. The molecule has 0 spiro atoms. The molecular formula is C15H27NS. The molecule has 2 aliphatic carbocycles. The Kier molecular flexibility index (Phi) is 5.93. The van der Waals surface area contributed by atoms with Gasteiger partial charge in [-0.2, -0.15) is 11.8 Å². The van der Waals surface area contributed by atoms with E-state index in [-0.39, 0.29) is 0 Å². The minimum absolute atomic E-state index is 0.638. The first-order chi connectivity index (χ1) is 8.40. The minimum Gasteiger partial charge on any atom is -0.313 e. The van der Waals surface area contributed by atoms with Crippen molar-refractivity contribution >= 4 is 11.8 Å². The van der Waals surface area contributed by atoms with E-state index in [1.54, 1.807) is 5.57 Å². The topological polar surface area (TPSA) is 12.0 Å². The monoisotopic (exact) mass is 253 g/mol. The number of likely N-dealkylation sites (N-methyl/N-ethyl adjacent to an activating group) is 1. The van der Waals surface area contributed by atoms with Crippen molar-refractivity contribution in [3.63, 3.8) is 0 Å². The highest BCUT2D eigenvalue weighted by Crippen LogP contribution is 2.31. The predicted octanol–water partition coefficient (Wildman–Crippen LogP) is 4.14. The van der Waals surface area contributed by atoms with Crippen molar-refractivity contribution in [2.45, 2.75) is 69.1 Å². The fourth-order valence-electron chi connectivity index (χ4n) is 3.02. The zero-order chi connectivity index (χ0) is 11.9. The summed E-state index contributed by atoms with van der Waals surface area (Å²) in [5, 5.41) is 4.49. The van der Waals surface area contributed by atoms with Gasteiger partial charge in [0.05, 0.1) is 0 Å². The lowest BCUT2D eigenvalue weighted by molar-refractivity contribution is 0.644. The van der Waals surface area contributed by atoms with E-state index in [2.05, 4.69) is 30.2 Å². The quantitative estimate of drug-likeness (QED) is 0.739. The van der Waals surface area contributed by atoms with Crippen molar-refractivity contribution < 1.29 is 0 Å². The molecule has 0 bridgehead atoms. The number of allylic oxidation sites excluding steroid dienone is 1. The molecule has 0 aromatic rings. The van der Waals surface area contributed by atoms with Gasteiger partial charge in [-0.05, 0) is 45.6 Å². The molecule has 0 radical (unpaired) electrons. The summed E-state index contributed by atoms with van der Waals surface area (Å²) < 4.78 is 0. The summed E-state index contributed by atoms with van der Waals surface area (Å²) in [6.45, 7) is 0. The first kappa shape index (κ1) is 13.5. The Balaban J connectivity index is 1.79. The zero-order valence-electron chi connectivity index (χ0n) is 11.2. The van der Waals surface area contributed by atoms with Gasteiger partial charge in [0, 0.05) is 17.0 Å². The standard InChI is InChI=1S/C15H27NS/c1-16-15(12-17-14-10-6-7-11-14)13-8-4-2-3-5-9-13/h8,14-16H,2-7,9-12H2,1H3. The summed E-state index contributed by atoms with van der Waals surface area (Å²) in [4.78, 5) is 0. The highest BCUT2D eigenvalue weighted by molar-refractivity contribution is 7.99. The third-order valence-electron chi connectivity index (χ3n) is 4.17. The largest absolute Gasteiger partial charge is 0.313 e. The van der Waals surface area contributed by atoms with E-state index in [4.69, 9.17) is 0 Å². The summed E-state index contributed by atoms with van der Waals surface area (Å²) in [6, 6.07) is 0.638. The van der Waals surface area contributed by atoms with Gasteiger partial charge in [-0.25, -0.2) is 0 Å². The van der Waals surface area contributed by atoms with Gasteiger partial charge in [0.15, 0.2) is 0 Å². The van der Waals surface area contributed by atoms with E-state index in [9.17, 15) is 0 Å². The lowest BCUT2D eigenvalue weighted by Crippen LogP contribution is -2.30. The SMILES string of the molecule is CNC(CSC1CCCC1)C1=CCCCCC1. The predicted molar refractivity (Wildman–Crippen MR) is 78.7 cm³/mol. The Labute approximate surface area is 111 Å². The van der Waals surface area contributed by atoms with Crippen molar-refractivity contribution in [2.75, 3.05) is 12.8 Å². The Morgan fingerprint density at radius 1 is 1.24 bits per heavy atom. The van der Waals surface area contributed by atoms with Crippen LogP contribution in [-0.2, 0) is 0 Å². The van der Waals surface area contributed by atoms with Crippen LogP contribution in [0.4, 0.5) is 0 Å². The molecule has 1 nitrogen and oxygen atoms in total. The summed E-state index contributed by atoms with van der Waals surface area (Å²) in [6.07, 6.45) is 15.2. The molecule has 1 unspecified atom stereocenters. The molecule has 1 fully saturated rings. The number of nitrogens with one attached hydrogen (secondary N) is 1. The molecule has 0 amide bonds. The third kappa shape index (κ3) is 4.33. The molecule has 1 N–H and O–H groups in total. The van der Waals surface area contributed by atoms with Crippen molar-refractivity contribution in [1.29, 1.82) is 0 Å². The van der Waals surface area contributed by atoms with E-state index in [0.29, 0.717) is 6.04 Å². The molecule has 98 valence electrons. The maximum absolute atomic E-state index is 3.53. The molecule has 0 aromatic heterocycles. The molecule has 2 rings (SSSR count). The Bertz CT molecular complexity index is 243. The van der Waals surface area contributed by atoms with Gasteiger partial charge in [-0.1, -0.05) is 30.9 Å². The lowest BCUT2D eigenvalue weighted by Gasteiger charge is -2.21. The van der Waals surface area contributed by atoms with Gasteiger partial charge in [-0.15, -0.1) is 0 Å². The molecule has 2 heteroatoms. The van der Waals surface area contributed by atoms with Crippen LogP contribution in [0.1, 0.15) is 57.8 Å². The Morgan fingerprint density at radius 2 is 2.06 bits per heavy atom. The Hall–Kier alpha value is 0.0500. The van der Waals surface area contributed by atoms with E-state index >= 15 is 0 Å². The van der Waals surface area contributed by atoms with Crippen LogP contribution in [0.25, 0.3) is 0 Å². The van der Waals surface area contributed by atoms with Crippen molar-refractivity contribution in [1.82, 2.24) is 5.32 Å². The van der Waals surface area contributed by atoms with Gasteiger partial charge in [0.25, 0.3) is 0 Å². The second kappa shape index (κ2) is 7.48. The number of rotatable bonds is 5. The molecule has 0 aliphatic heterocycles. The third-order valence-corrected chi connectivity index (χ3v) is 5.64. The van der Waals surface area contributed by atoms with E-state index < -0.39 is 0 Å². The molecule has 0 heterocycles. The average molecular weight is 253 g/mol. The minimum atomic E-state index is 0.638.